The lowest BCUT2D eigenvalue weighted by Gasteiger charge is -2.22. The lowest BCUT2D eigenvalue weighted by molar-refractivity contribution is -0.138. The van der Waals surface area contributed by atoms with Gasteiger partial charge in [-0.15, -0.1) is 0 Å². The van der Waals surface area contributed by atoms with Crippen LogP contribution in [0, 0.1) is 13.8 Å². The van der Waals surface area contributed by atoms with E-state index in [1.807, 2.05) is 13.8 Å². The molecule has 6 nitrogen and oxygen atoms in total. The Hall–Kier alpha value is -1.69. The number of nitrogens with zero attached hydrogens (tertiary/aromatic N) is 3. The third-order valence-electron chi connectivity index (χ3n) is 3.04. The van der Waals surface area contributed by atoms with Crippen molar-refractivity contribution in [3.8, 4) is 0 Å². The molecule has 0 aromatic carbocycles. The molecule has 0 amide bonds. The first-order valence-corrected chi connectivity index (χ1v) is 5.47. The first kappa shape index (κ1) is 11.8. The maximum atomic E-state index is 11.1. The zero-order chi connectivity index (χ0) is 12.6. The van der Waals surface area contributed by atoms with Crippen LogP contribution in [0.25, 0.3) is 0 Å². The highest BCUT2D eigenvalue weighted by Gasteiger charge is 2.36. The molecule has 6 heteroatoms. The molecule has 2 atom stereocenters. The lowest BCUT2D eigenvalue weighted by atomic mass is 10.2. The first-order valence-electron chi connectivity index (χ1n) is 5.47. The van der Waals surface area contributed by atoms with E-state index in [2.05, 4.69) is 9.97 Å². The van der Waals surface area contributed by atoms with Crippen molar-refractivity contribution in [1.29, 1.82) is 0 Å². The van der Waals surface area contributed by atoms with E-state index < -0.39 is 18.1 Å². The number of anilines is 1. The summed E-state index contributed by atoms with van der Waals surface area (Å²) in [6, 6.07) is -0.721. The Kier molecular flexibility index (Phi) is 2.97. The summed E-state index contributed by atoms with van der Waals surface area (Å²) in [5, 5.41) is 18.6. The minimum atomic E-state index is -0.943. The van der Waals surface area contributed by atoms with Gasteiger partial charge < -0.3 is 15.1 Å². The predicted molar refractivity (Wildman–Crippen MR) is 60.9 cm³/mol. The van der Waals surface area contributed by atoms with Gasteiger partial charge in [0.25, 0.3) is 0 Å². The third kappa shape index (κ3) is 2.21. The molecule has 1 saturated heterocycles. The molecule has 0 spiro atoms. The smallest absolute Gasteiger partial charge is 0.326 e. The van der Waals surface area contributed by atoms with Gasteiger partial charge in [-0.2, -0.15) is 0 Å². The van der Waals surface area contributed by atoms with E-state index in [0.717, 1.165) is 11.4 Å². The Morgan fingerprint density at radius 2 is 2.18 bits per heavy atom. The highest BCUT2D eigenvalue weighted by atomic mass is 16.4. The number of aromatic nitrogens is 2. The average Bonchev–Trinajstić information content (AvgIpc) is 2.64. The van der Waals surface area contributed by atoms with Crippen LogP contribution in [0.2, 0.25) is 0 Å². The van der Waals surface area contributed by atoms with Crippen molar-refractivity contribution in [3.63, 3.8) is 0 Å². The number of hydrogen-bond acceptors (Lipinski definition) is 5. The van der Waals surface area contributed by atoms with Crippen molar-refractivity contribution in [3.05, 3.63) is 17.6 Å². The molecule has 2 N–H and O–H groups in total. The summed E-state index contributed by atoms with van der Waals surface area (Å²) in [5.74, 6) is -0.432. The van der Waals surface area contributed by atoms with Gasteiger partial charge in [-0.05, 0) is 13.8 Å². The maximum absolute atomic E-state index is 11.1. The number of carboxylic acid groups (broad SMARTS) is 1. The Bertz CT molecular complexity index is 450. The van der Waals surface area contributed by atoms with Crippen molar-refractivity contribution >= 4 is 11.8 Å². The molecule has 0 radical (unpaired) electrons. The van der Waals surface area contributed by atoms with Crippen LogP contribution in [0.5, 0.6) is 0 Å². The van der Waals surface area contributed by atoms with Gasteiger partial charge >= 0.3 is 5.97 Å². The van der Waals surface area contributed by atoms with Crippen LogP contribution in [0.15, 0.2) is 6.20 Å². The second-order valence-corrected chi connectivity index (χ2v) is 4.29. The van der Waals surface area contributed by atoms with E-state index in [1.165, 1.54) is 0 Å². The number of aliphatic carboxylic acids is 1. The molecule has 0 bridgehead atoms. The second-order valence-electron chi connectivity index (χ2n) is 4.29. The molecule has 1 aliphatic rings. The van der Waals surface area contributed by atoms with Crippen LogP contribution in [0.3, 0.4) is 0 Å². The largest absolute Gasteiger partial charge is 0.480 e. The fourth-order valence-electron chi connectivity index (χ4n) is 1.97. The Labute approximate surface area is 98.9 Å². The topological polar surface area (TPSA) is 86.5 Å². The summed E-state index contributed by atoms with van der Waals surface area (Å²) < 4.78 is 0. The van der Waals surface area contributed by atoms with Gasteiger partial charge in [-0.1, -0.05) is 0 Å². The third-order valence-corrected chi connectivity index (χ3v) is 3.04. The van der Waals surface area contributed by atoms with Crippen LogP contribution < -0.4 is 4.90 Å². The van der Waals surface area contributed by atoms with Crippen LogP contribution in [-0.2, 0) is 4.79 Å². The zero-order valence-electron chi connectivity index (χ0n) is 9.79. The molecule has 1 fully saturated rings. The van der Waals surface area contributed by atoms with Crippen molar-refractivity contribution < 1.29 is 15.0 Å². The van der Waals surface area contributed by atoms with Gasteiger partial charge in [0.05, 0.1) is 23.7 Å². The molecule has 2 heterocycles. The van der Waals surface area contributed by atoms with Crippen molar-refractivity contribution in [2.75, 3.05) is 11.4 Å². The number of carboxylic acids is 1. The Morgan fingerprint density at radius 3 is 2.76 bits per heavy atom. The van der Waals surface area contributed by atoms with E-state index in [1.54, 1.807) is 11.1 Å². The van der Waals surface area contributed by atoms with Crippen molar-refractivity contribution in [2.45, 2.75) is 32.4 Å². The Morgan fingerprint density at radius 1 is 1.47 bits per heavy atom. The van der Waals surface area contributed by atoms with Crippen LogP contribution in [0.1, 0.15) is 17.8 Å². The highest BCUT2D eigenvalue weighted by molar-refractivity contribution is 5.78. The number of aliphatic hydroxyl groups is 1. The number of hydrogen-bond donors (Lipinski definition) is 2. The van der Waals surface area contributed by atoms with Gasteiger partial charge in [0.15, 0.2) is 0 Å². The first-order chi connectivity index (χ1) is 7.99. The van der Waals surface area contributed by atoms with Gasteiger partial charge in [0.1, 0.15) is 11.9 Å². The molecular weight excluding hydrogens is 222 g/mol. The molecular formula is C11H15N3O3. The van der Waals surface area contributed by atoms with Gasteiger partial charge in [-0.3, -0.25) is 4.98 Å². The number of aliphatic hydroxyl groups excluding tert-OH is 1. The maximum Gasteiger partial charge on any atom is 0.326 e. The molecule has 2 unspecified atom stereocenters. The summed E-state index contributed by atoms with van der Waals surface area (Å²) in [5.41, 5.74) is 1.59. The summed E-state index contributed by atoms with van der Waals surface area (Å²) >= 11 is 0. The highest BCUT2D eigenvalue weighted by Crippen LogP contribution is 2.24. The molecule has 0 aliphatic carbocycles. The fourth-order valence-corrected chi connectivity index (χ4v) is 1.97. The summed E-state index contributed by atoms with van der Waals surface area (Å²) in [6.07, 6.45) is 1.15. The Balaban J connectivity index is 2.31. The standard InChI is InChI=1S/C11H15N3O3/c1-6-7(2)13-10(4-12-6)14-5-8(15)3-9(14)11(16)17/h4,8-9,15H,3,5H2,1-2H3,(H,16,17). The van der Waals surface area contributed by atoms with E-state index in [4.69, 9.17) is 5.11 Å². The number of β-amino-alcohol motifs (C(OH)–C–C–N with tert-alkyl or cyclic N) is 1. The van der Waals surface area contributed by atoms with E-state index in [-0.39, 0.29) is 13.0 Å². The van der Waals surface area contributed by atoms with Gasteiger partial charge in [-0.25, -0.2) is 9.78 Å². The molecule has 2 rings (SSSR count). The predicted octanol–water partition coefficient (Wildman–Crippen LogP) is 0.118. The van der Waals surface area contributed by atoms with Crippen LogP contribution >= 0.6 is 0 Å². The molecule has 17 heavy (non-hydrogen) atoms. The number of carbonyl (C=O) groups is 1. The SMILES string of the molecule is Cc1ncc(N2CC(O)CC2C(=O)O)nc1C. The average molecular weight is 237 g/mol. The molecule has 1 aromatic rings. The van der Waals surface area contributed by atoms with Crippen molar-refractivity contribution in [1.82, 2.24) is 9.97 Å². The summed E-state index contributed by atoms with van der Waals surface area (Å²) in [7, 11) is 0. The quantitative estimate of drug-likeness (QED) is 0.759. The van der Waals surface area contributed by atoms with E-state index in [0.29, 0.717) is 5.82 Å². The minimum absolute atomic E-state index is 0.226. The molecule has 0 saturated carbocycles. The molecule has 1 aromatic heterocycles. The summed E-state index contributed by atoms with van der Waals surface area (Å²) in [4.78, 5) is 21.1. The van der Waals surface area contributed by atoms with Crippen LogP contribution in [0.4, 0.5) is 5.82 Å². The minimum Gasteiger partial charge on any atom is -0.480 e. The van der Waals surface area contributed by atoms with Gasteiger partial charge in [0, 0.05) is 13.0 Å². The second kappa shape index (κ2) is 4.29. The van der Waals surface area contributed by atoms with E-state index in [9.17, 15) is 9.90 Å². The van der Waals surface area contributed by atoms with Crippen molar-refractivity contribution in [2.24, 2.45) is 0 Å². The molecule has 92 valence electrons. The normalized spacial score (nSPS) is 24.1. The van der Waals surface area contributed by atoms with Gasteiger partial charge in [0.2, 0.25) is 0 Å². The molecule has 1 aliphatic heterocycles. The fraction of sp³-hybridized carbons (Fsp3) is 0.545. The van der Waals surface area contributed by atoms with E-state index >= 15 is 0 Å². The monoisotopic (exact) mass is 237 g/mol. The lowest BCUT2D eigenvalue weighted by Crippen LogP contribution is -2.36. The number of rotatable bonds is 2. The zero-order valence-corrected chi connectivity index (χ0v) is 9.79. The summed E-state index contributed by atoms with van der Waals surface area (Å²) in [6.45, 7) is 3.96. The number of aryl methyl sites for hydroxylation is 2. The van der Waals surface area contributed by atoms with Crippen LogP contribution in [-0.4, -0.2) is 44.8 Å².